The molecule has 40 heavy (non-hydrogen) atoms. The van der Waals surface area contributed by atoms with Crippen molar-refractivity contribution in [2.24, 2.45) is 0 Å². The molecule has 0 fully saturated rings. The second kappa shape index (κ2) is 13.1. The van der Waals surface area contributed by atoms with E-state index in [1.165, 1.54) is 26.3 Å². The van der Waals surface area contributed by atoms with E-state index >= 15 is 0 Å². The Labute approximate surface area is 228 Å². The summed E-state index contributed by atoms with van der Waals surface area (Å²) in [7, 11) is -0.766. The third-order valence-corrected chi connectivity index (χ3v) is 7.41. The van der Waals surface area contributed by atoms with Crippen LogP contribution in [-0.4, -0.2) is 43.2 Å². The number of nitrogens with one attached hydrogen (secondary N) is 3. The molecule has 216 valence electrons. The Morgan fingerprint density at radius 2 is 1.75 bits per heavy atom. The van der Waals surface area contributed by atoms with Gasteiger partial charge in [-0.25, -0.2) is 9.37 Å². The number of ether oxygens (including phenoxy) is 1. The number of hydrogen-bond acceptors (Lipinski definition) is 9. The van der Waals surface area contributed by atoms with Gasteiger partial charge in [0, 0.05) is 13.2 Å². The summed E-state index contributed by atoms with van der Waals surface area (Å²) in [4.78, 5) is 19.9. The molecular weight excluding hydrogens is 557 g/mol. The molecule has 0 saturated heterocycles. The van der Waals surface area contributed by atoms with Crippen molar-refractivity contribution in [3.05, 3.63) is 65.1 Å². The zero-order chi connectivity index (χ0) is 29.5. The van der Waals surface area contributed by atoms with E-state index in [9.17, 15) is 26.9 Å². The number of carbonyl (C=O) groups is 1. The van der Waals surface area contributed by atoms with Gasteiger partial charge >= 0.3 is 13.8 Å². The highest BCUT2D eigenvalue weighted by molar-refractivity contribution is 7.53. The van der Waals surface area contributed by atoms with Gasteiger partial charge in [0.1, 0.15) is 22.9 Å². The molecule has 2 aromatic carbocycles. The van der Waals surface area contributed by atoms with Crippen molar-refractivity contribution in [2.75, 3.05) is 38.0 Å². The van der Waals surface area contributed by atoms with E-state index < -0.39 is 42.4 Å². The van der Waals surface area contributed by atoms with Crippen molar-refractivity contribution in [3.63, 3.8) is 0 Å². The Hall–Kier alpha value is -3.74. The average Bonchev–Trinajstić information content (AvgIpc) is 2.89. The van der Waals surface area contributed by atoms with Crippen LogP contribution in [0, 0.1) is 5.82 Å². The Kier molecular flexibility index (Phi) is 10.1. The first-order valence-electron chi connectivity index (χ1n) is 12.0. The molecule has 0 aliphatic carbocycles. The number of anilines is 4. The molecule has 1 aromatic heterocycles. The molecule has 0 radical (unpaired) electrons. The van der Waals surface area contributed by atoms with Gasteiger partial charge in [0.25, 0.3) is 5.91 Å². The Bertz CT molecular complexity index is 1400. The summed E-state index contributed by atoms with van der Waals surface area (Å²) < 4.78 is 84.6. The smallest absolute Gasteiger partial charge is 0.421 e. The van der Waals surface area contributed by atoms with Crippen LogP contribution in [0.4, 0.5) is 40.7 Å². The van der Waals surface area contributed by atoms with E-state index in [1.54, 1.807) is 32.0 Å². The Balaban J connectivity index is 1.97. The van der Waals surface area contributed by atoms with Crippen LogP contribution in [0.2, 0.25) is 0 Å². The molecule has 0 bridgehead atoms. The van der Waals surface area contributed by atoms with Gasteiger partial charge in [-0.05, 0) is 43.7 Å². The van der Waals surface area contributed by atoms with Crippen molar-refractivity contribution < 1.29 is 40.7 Å². The van der Waals surface area contributed by atoms with Crippen LogP contribution < -0.4 is 20.7 Å². The first-order valence-corrected chi connectivity index (χ1v) is 13.7. The van der Waals surface area contributed by atoms with E-state index in [1.807, 2.05) is 0 Å². The Morgan fingerprint density at radius 1 is 1.05 bits per heavy atom. The standard InChI is InChI=1S/C25H28F4N5O5P/c1-5-38-40(36,39-6-2)14-15-10-11-18(20(12-15)37-4)33-24-31-13-16(25(27,28)29)22(34-24)32-19-9-7-8-17(26)21(19)23(35)30-3/h7-13H,5-6,14H2,1-4H3,(H,30,35)(H2,31,32,33,34). The van der Waals surface area contributed by atoms with Crippen molar-refractivity contribution in [2.45, 2.75) is 26.2 Å². The lowest BCUT2D eigenvalue weighted by atomic mass is 10.1. The van der Waals surface area contributed by atoms with Gasteiger partial charge in [0.15, 0.2) is 0 Å². The third-order valence-electron chi connectivity index (χ3n) is 5.36. The average molecular weight is 585 g/mol. The lowest BCUT2D eigenvalue weighted by molar-refractivity contribution is -0.137. The van der Waals surface area contributed by atoms with Crippen molar-refractivity contribution in [1.29, 1.82) is 0 Å². The predicted molar refractivity (Wildman–Crippen MR) is 141 cm³/mol. The van der Waals surface area contributed by atoms with Gasteiger partial charge in [-0.2, -0.15) is 18.2 Å². The van der Waals surface area contributed by atoms with Gasteiger partial charge < -0.3 is 29.7 Å². The summed E-state index contributed by atoms with van der Waals surface area (Å²) in [5.74, 6) is -2.50. The van der Waals surface area contributed by atoms with Crippen LogP contribution in [0.25, 0.3) is 0 Å². The van der Waals surface area contributed by atoms with Gasteiger partial charge in [0.2, 0.25) is 5.95 Å². The number of aromatic nitrogens is 2. The van der Waals surface area contributed by atoms with Gasteiger partial charge in [-0.1, -0.05) is 12.1 Å². The fraction of sp³-hybridized carbons (Fsp3) is 0.320. The molecule has 15 heteroatoms. The highest BCUT2D eigenvalue weighted by Crippen LogP contribution is 2.51. The maximum Gasteiger partial charge on any atom is 0.421 e. The molecule has 0 aliphatic heterocycles. The number of rotatable bonds is 12. The predicted octanol–water partition coefficient (Wildman–Crippen LogP) is 6.26. The molecule has 1 heterocycles. The summed E-state index contributed by atoms with van der Waals surface area (Å²) in [6.45, 7) is 3.77. The number of halogens is 4. The Morgan fingerprint density at radius 3 is 2.35 bits per heavy atom. The van der Waals surface area contributed by atoms with Crippen LogP contribution in [0.1, 0.15) is 35.3 Å². The maximum atomic E-state index is 14.4. The van der Waals surface area contributed by atoms with Crippen LogP contribution in [0.5, 0.6) is 5.75 Å². The second-order valence-corrected chi connectivity index (χ2v) is 10.1. The fourth-order valence-corrected chi connectivity index (χ4v) is 5.35. The summed E-state index contributed by atoms with van der Waals surface area (Å²) >= 11 is 0. The van der Waals surface area contributed by atoms with Crippen molar-refractivity contribution in [3.8, 4) is 5.75 Å². The lowest BCUT2D eigenvalue weighted by Gasteiger charge is -2.19. The number of benzene rings is 2. The summed E-state index contributed by atoms with van der Waals surface area (Å²) in [5, 5.41) is 7.45. The SMILES string of the molecule is CCOP(=O)(Cc1ccc(Nc2ncc(C(F)(F)F)c(Nc3cccc(F)c3C(=O)NC)n2)c(OC)c1)OCC. The van der Waals surface area contributed by atoms with E-state index in [2.05, 4.69) is 25.9 Å². The largest absolute Gasteiger partial charge is 0.495 e. The van der Waals surface area contributed by atoms with Crippen molar-refractivity contribution in [1.82, 2.24) is 15.3 Å². The zero-order valence-electron chi connectivity index (χ0n) is 22.1. The molecule has 0 spiro atoms. The van der Waals surface area contributed by atoms with Gasteiger partial charge in [0.05, 0.1) is 43.4 Å². The minimum Gasteiger partial charge on any atom is -0.495 e. The maximum absolute atomic E-state index is 14.4. The molecular formula is C25H28F4N5O5P. The normalized spacial score (nSPS) is 11.7. The highest BCUT2D eigenvalue weighted by atomic mass is 31.2. The summed E-state index contributed by atoms with van der Waals surface area (Å²) in [6, 6.07) is 8.21. The van der Waals surface area contributed by atoms with Gasteiger partial charge in [-0.3, -0.25) is 9.36 Å². The number of hydrogen-bond donors (Lipinski definition) is 3. The summed E-state index contributed by atoms with van der Waals surface area (Å²) in [6.07, 6.45) is -4.34. The molecule has 0 aliphatic rings. The minimum atomic E-state index is -4.87. The number of amides is 1. The van der Waals surface area contributed by atoms with Crippen molar-refractivity contribution >= 4 is 36.6 Å². The number of carbonyl (C=O) groups excluding carboxylic acids is 1. The van der Waals surface area contributed by atoms with E-state index in [0.717, 1.165) is 6.07 Å². The van der Waals surface area contributed by atoms with E-state index in [4.69, 9.17) is 13.8 Å². The highest BCUT2D eigenvalue weighted by Gasteiger charge is 2.36. The molecule has 0 unspecified atom stereocenters. The molecule has 1 amide bonds. The molecule has 0 atom stereocenters. The fourth-order valence-electron chi connectivity index (χ4n) is 3.66. The first kappa shape index (κ1) is 30.8. The first-order chi connectivity index (χ1) is 18.9. The minimum absolute atomic E-state index is 0.0303. The second-order valence-electron chi connectivity index (χ2n) is 8.08. The molecule has 3 N–H and O–H groups in total. The van der Waals surface area contributed by atoms with Crippen LogP contribution in [0.3, 0.4) is 0 Å². The molecule has 10 nitrogen and oxygen atoms in total. The quantitative estimate of drug-likeness (QED) is 0.167. The van der Waals surface area contributed by atoms with Crippen LogP contribution in [0.15, 0.2) is 42.6 Å². The van der Waals surface area contributed by atoms with Gasteiger partial charge in [-0.15, -0.1) is 0 Å². The molecule has 0 saturated carbocycles. The van der Waals surface area contributed by atoms with E-state index in [-0.39, 0.29) is 42.4 Å². The third kappa shape index (κ3) is 7.46. The van der Waals surface area contributed by atoms with E-state index in [0.29, 0.717) is 11.8 Å². The number of alkyl halides is 3. The zero-order valence-corrected chi connectivity index (χ0v) is 23.0. The summed E-state index contributed by atoms with van der Waals surface area (Å²) in [5.41, 5.74) is -1.10. The van der Waals surface area contributed by atoms with Crippen LogP contribution in [-0.2, 0) is 26.0 Å². The van der Waals surface area contributed by atoms with Crippen LogP contribution >= 0.6 is 7.60 Å². The number of methoxy groups -OCH3 is 1. The molecule has 3 aromatic rings. The monoisotopic (exact) mass is 585 g/mol. The topological polar surface area (TPSA) is 124 Å². The lowest BCUT2D eigenvalue weighted by Crippen LogP contribution is -2.21. The number of nitrogens with zero attached hydrogens (tertiary/aromatic N) is 2. The molecule has 3 rings (SSSR count).